The Labute approximate surface area is 123 Å². The van der Waals surface area contributed by atoms with E-state index in [2.05, 4.69) is 0 Å². The fourth-order valence-corrected chi connectivity index (χ4v) is 2.90. The van der Waals surface area contributed by atoms with Gasteiger partial charge in [-0.1, -0.05) is 30.7 Å². The number of aliphatic hydroxyl groups excluding tert-OH is 1. The van der Waals surface area contributed by atoms with Gasteiger partial charge in [0, 0.05) is 30.2 Å². The first kappa shape index (κ1) is 16.3. The van der Waals surface area contributed by atoms with Crippen molar-refractivity contribution in [2.75, 3.05) is 25.4 Å². The third kappa shape index (κ3) is 5.85. The molecule has 3 nitrogen and oxygen atoms in total. The van der Waals surface area contributed by atoms with Gasteiger partial charge in [-0.2, -0.15) is 0 Å². The van der Waals surface area contributed by atoms with Crippen molar-refractivity contribution >= 4 is 29.3 Å². The Kier molecular flexibility index (Phi) is 7.94. The molecule has 0 radical (unpaired) electrons. The number of nitrogens with zero attached hydrogens (tertiary/aromatic N) is 1. The third-order valence-electron chi connectivity index (χ3n) is 2.63. The lowest BCUT2D eigenvalue weighted by atomic mass is 10.3. The predicted molar refractivity (Wildman–Crippen MR) is 80.7 cm³/mol. The number of hydrogen-bond donors (Lipinski definition) is 1. The fourth-order valence-electron chi connectivity index (χ4n) is 1.72. The molecule has 1 aromatic rings. The molecule has 0 aliphatic carbocycles. The van der Waals surface area contributed by atoms with Crippen LogP contribution < -0.4 is 0 Å². The van der Waals surface area contributed by atoms with Gasteiger partial charge in [0.15, 0.2) is 0 Å². The van der Waals surface area contributed by atoms with Crippen molar-refractivity contribution in [3.63, 3.8) is 0 Å². The summed E-state index contributed by atoms with van der Waals surface area (Å²) in [6.45, 7) is 3.17. The standard InChI is InChI=1S/C14H20ClNO2S/c1-2-8-16(9-10-17)14(18)7-11-19-13-6-4-3-5-12(13)15/h3-6,17H,2,7-11H2,1H3. The van der Waals surface area contributed by atoms with Crippen molar-refractivity contribution in [3.8, 4) is 0 Å². The van der Waals surface area contributed by atoms with Crippen LogP contribution in [0.25, 0.3) is 0 Å². The molecule has 0 aromatic heterocycles. The van der Waals surface area contributed by atoms with E-state index in [1.54, 1.807) is 16.7 Å². The Morgan fingerprint density at radius 2 is 2.11 bits per heavy atom. The summed E-state index contributed by atoms with van der Waals surface area (Å²) >= 11 is 7.64. The molecule has 106 valence electrons. The Hall–Kier alpha value is -0.710. The van der Waals surface area contributed by atoms with Crippen molar-refractivity contribution in [2.45, 2.75) is 24.7 Å². The van der Waals surface area contributed by atoms with Gasteiger partial charge in [0.1, 0.15) is 0 Å². The maximum absolute atomic E-state index is 12.0. The second-order valence-corrected chi connectivity index (χ2v) is 5.68. The van der Waals surface area contributed by atoms with Crippen LogP contribution in [-0.2, 0) is 4.79 Å². The fraction of sp³-hybridized carbons (Fsp3) is 0.500. The maximum Gasteiger partial charge on any atom is 0.223 e. The third-order valence-corrected chi connectivity index (χ3v) is 4.14. The topological polar surface area (TPSA) is 40.5 Å². The van der Waals surface area contributed by atoms with E-state index in [4.69, 9.17) is 16.7 Å². The largest absolute Gasteiger partial charge is 0.395 e. The monoisotopic (exact) mass is 301 g/mol. The van der Waals surface area contributed by atoms with Gasteiger partial charge in [-0.25, -0.2) is 0 Å². The van der Waals surface area contributed by atoms with E-state index in [1.807, 2.05) is 31.2 Å². The lowest BCUT2D eigenvalue weighted by Crippen LogP contribution is -2.34. The summed E-state index contributed by atoms with van der Waals surface area (Å²) in [4.78, 5) is 14.7. The molecule has 0 bridgehead atoms. The van der Waals surface area contributed by atoms with Crippen LogP contribution in [0.5, 0.6) is 0 Å². The van der Waals surface area contributed by atoms with Crippen LogP contribution >= 0.6 is 23.4 Å². The van der Waals surface area contributed by atoms with Gasteiger partial charge in [-0.05, 0) is 18.6 Å². The van der Waals surface area contributed by atoms with Gasteiger partial charge < -0.3 is 10.0 Å². The molecule has 1 N–H and O–H groups in total. The Morgan fingerprint density at radius 3 is 2.74 bits per heavy atom. The maximum atomic E-state index is 12.0. The van der Waals surface area contributed by atoms with Crippen molar-refractivity contribution < 1.29 is 9.90 Å². The minimum Gasteiger partial charge on any atom is -0.395 e. The summed E-state index contributed by atoms with van der Waals surface area (Å²) in [5, 5.41) is 9.66. The van der Waals surface area contributed by atoms with Crippen LogP contribution in [0.1, 0.15) is 19.8 Å². The number of carbonyl (C=O) groups excluding carboxylic acids is 1. The molecule has 5 heteroatoms. The highest BCUT2D eigenvalue weighted by molar-refractivity contribution is 7.99. The van der Waals surface area contributed by atoms with E-state index < -0.39 is 0 Å². The SMILES string of the molecule is CCCN(CCO)C(=O)CCSc1ccccc1Cl. The zero-order chi connectivity index (χ0) is 14.1. The molecule has 0 unspecified atom stereocenters. The van der Waals surface area contributed by atoms with Gasteiger partial charge in [-0.15, -0.1) is 11.8 Å². The highest BCUT2D eigenvalue weighted by atomic mass is 35.5. The first-order valence-corrected chi connectivity index (χ1v) is 7.81. The summed E-state index contributed by atoms with van der Waals surface area (Å²) in [5.41, 5.74) is 0. The van der Waals surface area contributed by atoms with E-state index in [0.29, 0.717) is 25.3 Å². The minimum absolute atomic E-state index is 0.0173. The molecule has 0 saturated carbocycles. The van der Waals surface area contributed by atoms with Crippen LogP contribution in [0.2, 0.25) is 5.02 Å². The first-order chi connectivity index (χ1) is 9.19. The summed E-state index contributed by atoms with van der Waals surface area (Å²) in [5.74, 6) is 0.796. The number of benzene rings is 1. The normalized spacial score (nSPS) is 10.5. The average molecular weight is 302 g/mol. The molecule has 0 aliphatic rings. The molecule has 0 fully saturated rings. The highest BCUT2D eigenvalue weighted by Crippen LogP contribution is 2.27. The van der Waals surface area contributed by atoms with Crippen LogP contribution in [0.4, 0.5) is 0 Å². The van der Waals surface area contributed by atoms with E-state index in [9.17, 15) is 4.79 Å². The number of hydrogen-bond acceptors (Lipinski definition) is 3. The smallest absolute Gasteiger partial charge is 0.223 e. The Balaban J connectivity index is 2.39. The van der Waals surface area contributed by atoms with Gasteiger partial charge in [0.05, 0.1) is 11.6 Å². The summed E-state index contributed by atoms with van der Waals surface area (Å²) in [6, 6.07) is 7.63. The average Bonchev–Trinajstić information content (AvgIpc) is 2.40. The number of carbonyl (C=O) groups is 1. The lowest BCUT2D eigenvalue weighted by Gasteiger charge is -2.20. The molecule has 0 aliphatic heterocycles. The number of aliphatic hydroxyl groups is 1. The van der Waals surface area contributed by atoms with Crippen LogP contribution in [-0.4, -0.2) is 41.4 Å². The van der Waals surface area contributed by atoms with Gasteiger partial charge in [-0.3, -0.25) is 4.79 Å². The van der Waals surface area contributed by atoms with Gasteiger partial charge in [0.2, 0.25) is 5.91 Å². The predicted octanol–water partition coefficient (Wildman–Crippen LogP) is 3.05. The molecule has 0 heterocycles. The second kappa shape index (κ2) is 9.23. The van der Waals surface area contributed by atoms with E-state index in [-0.39, 0.29) is 12.5 Å². The van der Waals surface area contributed by atoms with Crippen molar-refractivity contribution in [2.24, 2.45) is 0 Å². The first-order valence-electron chi connectivity index (χ1n) is 6.45. The molecule has 0 atom stereocenters. The summed E-state index contributed by atoms with van der Waals surface area (Å²) < 4.78 is 0. The van der Waals surface area contributed by atoms with E-state index in [1.165, 1.54) is 0 Å². The Morgan fingerprint density at radius 1 is 1.37 bits per heavy atom. The van der Waals surface area contributed by atoms with Crippen LogP contribution in [0, 0.1) is 0 Å². The second-order valence-electron chi connectivity index (χ2n) is 4.13. The van der Waals surface area contributed by atoms with Crippen LogP contribution in [0.3, 0.4) is 0 Å². The molecule has 0 saturated heterocycles. The van der Waals surface area contributed by atoms with Gasteiger partial charge in [0.25, 0.3) is 0 Å². The molecular weight excluding hydrogens is 282 g/mol. The summed E-state index contributed by atoms with van der Waals surface area (Å²) in [7, 11) is 0. The zero-order valence-electron chi connectivity index (χ0n) is 11.1. The van der Waals surface area contributed by atoms with Crippen LogP contribution in [0.15, 0.2) is 29.2 Å². The quantitative estimate of drug-likeness (QED) is 0.750. The molecule has 19 heavy (non-hydrogen) atoms. The number of rotatable bonds is 8. The number of halogens is 1. The highest BCUT2D eigenvalue weighted by Gasteiger charge is 2.12. The van der Waals surface area contributed by atoms with Crippen molar-refractivity contribution in [1.82, 2.24) is 4.90 Å². The van der Waals surface area contributed by atoms with Crippen molar-refractivity contribution in [3.05, 3.63) is 29.3 Å². The zero-order valence-corrected chi connectivity index (χ0v) is 12.7. The number of thioether (sulfide) groups is 1. The molecular formula is C14H20ClNO2S. The minimum atomic E-state index is 0.0173. The van der Waals surface area contributed by atoms with E-state index in [0.717, 1.165) is 16.3 Å². The molecule has 1 amide bonds. The molecule has 0 spiro atoms. The lowest BCUT2D eigenvalue weighted by molar-refractivity contribution is -0.131. The summed E-state index contributed by atoms with van der Waals surface area (Å²) in [6.07, 6.45) is 1.37. The van der Waals surface area contributed by atoms with Crippen molar-refractivity contribution in [1.29, 1.82) is 0 Å². The van der Waals surface area contributed by atoms with Gasteiger partial charge >= 0.3 is 0 Å². The van der Waals surface area contributed by atoms with E-state index >= 15 is 0 Å². The number of amides is 1. The molecule has 1 aromatic carbocycles. The molecule has 1 rings (SSSR count). The Bertz CT molecular complexity index is 395.